The van der Waals surface area contributed by atoms with Crippen LogP contribution < -0.4 is 21.9 Å². The maximum Gasteiger partial charge on any atom is 0.326 e. The van der Waals surface area contributed by atoms with Crippen LogP contribution in [0.2, 0.25) is 0 Å². The van der Waals surface area contributed by atoms with Crippen LogP contribution in [0.4, 0.5) is 11.6 Å². The number of carboxylic acid groups (broad SMARTS) is 2. The van der Waals surface area contributed by atoms with E-state index in [1.807, 2.05) is 0 Å². The van der Waals surface area contributed by atoms with Crippen molar-refractivity contribution in [1.82, 2.24) is 25.3 Å². The number of anilines is 2. The number of hydrogen-bond donors (Lipinski definition) is 6. The summed E-state index contributed by atoms with van der Waals surface area (Å²) in [4.78, 5) is 60.6. The molecule has 0 saturated carbocycles. The summed E-state index contributed by atoms with van der Waals surface area (Å²) < 4.78 is 0. The van der Waals surface area contributed by atoms with E-state index in [1.54, 1.807) is 12.1 Å². The summed E-state index contributed by atoms with van der Waals surface area (Å²) in [7, 11) is 0. The normalized spacial score (nSPS) is 11.3. The molecule has 0 fully saturated rings. The van der Waals surface area contributed by atoms with E-state index in [0.29, 0.717) is 11.4 Å². The molecule has 3 aromatic rings. The second-order valence-electron chi connectivity index (χ2n) is 6.71. The number of aromatic amines is 1. The largest absolute Gasteiger partial charge is 0.481 e. The van der Waals surface area contributed by atoms with Crippen molar-refractivity contribution < 1.29 is 41.7 Å². The van der Waals surface area contributed by atoms with Crippen LogP contribution in [0.15, 0.2) is 35.3 Å². The van der Waals surface area contributed by atoms with E-state index in [2.05, 4.69) is 30.6 Å². The molecule has 3 rings (SSSR count). The Morgan fingerprint density at radius 2 is 1.82 bits per heavy atom. The van der Waals surface area contributed by atoms with Gasteiger partial charge in [-0.1, -0.05) is 0 Å². The van der Waals surface area contributed by atoms with Crippen LogP contribution in [-0.4, -0.2) is 54.0 Å². The fraction of sp³-hybridized carbons (Fsp3) is 0.211. The average molecular weight is 505 g/mol. The van der Waals surface area contributed by atoms with E-state index >= 15 is 0 Å². The monoisotopic (exact) mass is 504 g/mol. The third-order valence-corrected chi connectivity index (χ3v) is 4.36. The Kier molecular flexibility index (Phi) is 8.42. The standard InChI is InChI=1S/C19H19N7O6.Cu/c20-19-25-15-14(17(30)26-19)23-11(8-22-15)7-21-10-3-1-9(2-4-10)16(29)24-12(18(31)32)5-6-13(27)28;/h1-4,8,12,21H,5-7H2,(H,24,29)(H,27,28)(H,31,32)(H3,20,22,25,26,30);/t12-;/m0./s1. The molecule has 1 atom stereocenters. The first-order valence-electron chi connectivity index (χ1n) is 9.33. The van der Waals surface area contributed by atoms with Crippen LogP contribution >= 0.6 is 0 Å². The number of hydrogen-bond acceptors (Lipinski definition) is 9. The molecule has 2 heterocycles. The number of H-pyrrole nitrogens is 1. The van der Waals surface area contributed by atoms with E-state index in [0.717, 1.165) is 0 Å². The van der Waals surface area contributed by atoms with Gasteiger partial charge < -0.3 is 26.6 Å². The van der Waals surface area contributed by atoms with Gasteiger partial charge in [0.2, 0.25) is 5.95 Å². The molecular formula is C19H19CuN7O6. The third kappa shape index (κ3) is 6.72. The van der Waals surface area contributed by atoms with Gasteiger partial charge in [0.1, 0.15) is 6.04 Å². The van der Waals surface area contributed by atoms with Gasteiger partial charge in [-0.2, -0.15) is 4.98 Å². The van der Waals surface area contributed by atoms with Gasteiger partial charge in [0, 0.05) is 34.7 Å². The summed E-state index contributed by atoms with van der Waals surface area (Å²) in [5.41, 5.74) is 6.47. The van der Waals surface area contributed by atoms with Gasteiger partial charge in [-0.15, -0.1) is 0 Å². The van der Waals surface area contributed by atoms with E-state index < -0.39 is 29.4 Å². The smallest absolute Gasteiger partial charge is 0.326 e. The third-order valence-electron chi connectivity index (χ3n) is 4.36. The molecule has 1 radical (unpaired) electrons. The molecule has 1 amide bonds. The number of nitrogens with zero attached hydrogens (tertiary/aromatic N) is 3. The number of nitrogens with two attached hydrogens (primary N) is 1. The molecule has 14 heteroatoms. The molecule has 13 nitrogen and oxygen atoms in total. The maximum atomic E-state index is 12.3. The molecule has 33 heavy (non-hydrogen) atoms. The summed E-state index contributed by atoms with van der Waals surface area (Å²) in [6.45, 7) is 0.231. The summed E-state index contributed by atoms with van der Waals surface area (Å²) in [5.74, 6) is -3.16. The molecule has 0 bridgehead atoms. The van der Waals surface area contributed by atoms with E-state index in [4.69, 9.17) is 15.9 Å². The first kappa shape index (κ1) is 25.2. The number of nitrogen functional groups attached to an aromatic ring is 1. The summed E-state index contributed by atoms with van der Waals surface area (Å²) in [6, 6.07) is 4.86. The van der Waals surface area contributed by atoms with Gasteiger partial charge in [-0.3, -0.25) is 19.4 Å². The Balaban J connectivity index is 0.00000385. The van der Waals surface area contributed by atoms with E-state index in [1.165, 1.54) is 18.3 Å². The number of aliphatic carboxylic acids is 2. The minimum Gasteiger partial charge on any atom is -0.481 e. The molecule has 177 valence electrons. The Bertz CT molecular complexity index is 1230. The quantitative estimate of drug-likeness (QED) is 0.212. The van der Waals surface area contributed by atoms with Gasteiger partial charge in [-0.05, 0) is 30.7 Å². The molecule has 0 spiro atoms. The van der Waals surface area contributed by atoms with Crippen molar-refractivity contribution >= 4 is 40.6 Å². The Morgan fingerprint density at radius 3 is 2.45 bits per heavy atom. The topological polar surface area (TPSA) is 213 Å². The number of benzene rings is 1. The van der Waals surface area contributed by atoms with Crippen LogP contribution in [-0.2, 0) is 33.2 Å². The molecule has 0 aliphatic rings. The van der Waals surface area contributed by atoms with Crippen molar-refractivity contribution in [3.63, 3.8) is 0 Å². The minimum atomic E-state index is -1.31. The first-order chi connectivity index (χ1) is 15.2. The predicted molar refractivity (Wildman–Crippen MR) is 112 cm³/mol. The average Bonchev–Trinajstić information content (AvgIpc) is 2.75. The number of rotatable bonds is 9. The van der Waals surface area contributed by atoms with Gasteiger partial charge in [0.05, 0.1) is 18.4 Å². The first-order valence-corrected chi connectivity index (χ1v) is 9.33. The molecule has 2 aromatic heterocycles. The Labute approximate surface area is 196 Å². The van der Waals surface area contributed by atoms with Crippen molar-refractivity contribution in [1.29, 1.82) is 0 Å². The molecule has 0 aliphatic carbocycles. The van der Waals surface area contributed by atoms with Crippen LogP contribution in [0, 0.1) is 0 Å². The van der Waals surface area contributed by atoms with E-state index in [9.17, 15) is 19.2 Å². The van der Waals surface area contributed by atoms with Crippen molar-refractivity contribution in [2.75, 3.05) is 11.1 Å². The number of carbonyl (C=O) groups is 3. The molecule has 0 unspecified atom stereocenters. The maximum absolute atomic E-state index is 12.3. The Hall–Kier alpha value is -4.03. The summed E-state index contributed by atoms with van der Waals surface area (Å²) >= 11 is 0. The fourth-order valence-corrected chi connectivity index (χ4v) is 2.75. The number of carbonyl (C=O) groups excluding carboxylic acids is 1. The van der Waals surface area contributed by atoms with Crippen LogP contribution in [0.1, 0.15) is 28.9 Å². The second-order valence-corrected chi connectivity index (χ2v) is 6.71. The molecule has 1 aromatic carbocycles. The van der Waals surface area contributed by atoms with Crippen LogP contribution in [0.25, 0.3) is 11.2 Å². The number of nitrogens with one attached hydrogen (secondary N) is 3. The number of aromatic nitrogens is 4. The molecular weight excluding hydrogens is 486 g/mol. The summed E-state index contributed by atoms with van der Waals surface area (Å²) in [5, 5.41) is 23.2. The number of carboxylic acids is 2. The summed E-state index contributed by atoms with van der Waals surface area (Å²) in [6.07, 6.45) is 0.840. The van der Waals surface area contributed by atoms with Crippen LogP contribution in [0.5, 0.6) is 0 Å². The van der Waals surface area contributed by atoms with Gasteiger partial charge in [-0.25, -0.2) is 14.8 Å². The van der Waals surface area contributed by atoms with Crippen LogP contribution in [0.3, 0.4) is 0 Å². The van der Waals surface area contributed by atoms with Gasteiger partial charge in [0.25, 0.3) is 11.5 Å². The SMILES string of the molecule is Nc1nc2ncc(CNc3ccc(C(=O)N[C@@H](CCC(=O)O)C(=O)O)cc3)nc2c(=O)[nH]1.[Cu]. The van der Waals surface area contributed by atoms with Crippen molar-refractivity contribution in [2.24, 2.45) is 0 Å². The van der Waals surface area contributed by atoms with Crippen molar-refractivity contribution in [3.05, 3.63) is 52.1 Å². The predicted octanol–water partition coefficient (Wildman–Crippen LogP) is -0.0473. The number of amides is 1. The van der Waals surface area contributed by atoms with Gasteiger partial charge in [0.15, 0.2) is 11.2 Å². The fourth-order valence-electron chi connectivity index (χ4n) is 2.75. The van der Waals surface area contributed by atoms with Crippen molar-refractivity contribution in [2.45, 2.75) is 25.4 Å². The minimum absolute atomic E-state index is 0. The molecule has 0 saturated heterocycles. The zero-order chi connectivity index (χ0) is 23.3. The Morgan fingerprint density at radius 1 is 1.12 bits per heavy atom. The zero-order valence-corrected chi connectivity index (χ0v) is 17.8. The number of fused-ring (bicyclic) bond motifs is 1. The van der Waals surface area contributed by atoms with Gasteiger partial charge >= 0.3 is 11.9 Å². The van der Waals surface area contributed by atoms with E-state index in [-0.39, 0.29) is 59.1 Å². The zero-order valence-electron chi connectivity index (χ0n) is 16.8. The second kappa shape index (κ2) is 11.0. The van der Waals surface area contributed by atoms with Crippen molar-refractivity contribution in [3.8, 4) is 0 Å². The molecule has 0 aliphatic heterocycles. The molecule has 7 N–H and O–H groups in total.